The molecule has 9 nitrogen and oxygen atoms in total. The third-order valence-electron chi connectivity index (χ3n) is 6.02. The lowest BCUT2D eigenvalue weighted by Gasteiger charge is -2.22. The Balaban J connectivity index is 1.62. The summed E-state index contributed by atoms with van der Waals surface area (Å²) in [5.74, 6) is -0.705. The Morgan fingerprint density at radius 2 is 1.94 bits per heavy atom. The van der Waals surface area contributed by atoms with Gasteiger partial charge in [0, 0.05) is 23.0 Å². The van der Waals surface area contributed by atoms with E-state index in [1.54, 1.807) is 19.1 Å². The van der Waals surface area contributed by atoms with Crippen molar-refractivity contribution >= 4 is 44.0 Å². The number of hydrogen-bond donors (Lipinski definition) is 1. The number of aromatic hydroxyl groups is 1. The van der Waals surface area contributed by atoms with Gasteiger partial charge in [0.25, 0.3) is 0 Å². The number of amides is 1. The van der Waals surface area contributed by atoms with Crippen LogP contribution in [0.5, 0.6) is 5.75 Å². The van der Waals surface area contributed by atoms with Gasteiger partial charge in [-0.25, -0.2) is 5.01 Å². The lowest BCUT2D eigenvalue weighted by Crippen LogP contribution is -2.28. The third-order valence-corrected chi connectivity index (χ3v) is 6.51. The molecule has 0 saturated carbocycles. The van der Waals surface area contributed by atoms with Gasteiger partial charge in [-0.2, -0.15) is 10.2 Å². The number of aromatic nitrogens is 2. The number of nitrogens with zero attached hydrogens (tertiary/aromatic N) is 5. The number of benzene rings is 3. The first-order chi connectivity index (χ1) is 16.9. The average molecular weight is 534 g/mol. The number of phenols is 1. The van der Waals surface area contributed by atoms with Gasteiger partial charge >= 0.3 is 11.6 Å². The highest BCUT2D eigenvalue weighted by molar-refractivity contribution is 9.10. The number of carbonyl (C=O) groups excluding carboxylic acids is 1. The Bertz CT molecular complexity index is 1510. The summed E-state index contributed by atoms with van der Waals surface area (Å²) >= 11 is 3.42. The summed E-state index contributed by atoms with van der Waals surface area (Å²) in [6.07, 6.45) is 1.55. The van der Waals surface area contributed by atoms with Crippen molar-refractivity contribution in [3.63, 3.8) is 0 Å². The van der Waals surface area contributed by atoms with Crippen LogP contribution in [0.1, 0.15) is 41.0 Å². The molecule has 1 aliphatic rings. The van der Waals surface area contributed by atoms with Crippen LogP contribution in [0.25, 0.3) is 10.8 Å². The smallest absolute Gasteiger partial charge is 0.320 e. The Hall–Kier alpha value is -4.05. The molecule has 0 unspecified atom stereocenters. The van der Waals surface area contributed by atoms with E-state index in [0.717, 1.165) is 20.8 Å². The summed E-state index contributed by atoms with van der Waals surface area (Å²) < 4.78 is 2.07. The van der Waals surface area contributed by atoms with Gasteiger partial charge in [0.2, 0.25) is 5.69 Å². The number of halogens is 1. The van der Waals surface area contributed by atoms with Crippen LogP contribution in [0.15, 0.2) is 76.4 Å². The Labute approximate surface area is 208 Å². The van der Waals surface area contributed by atoms with E-state index in [9.17, 15) is 20.0 Å². The zero-order chi connectivity index (χ0) is 24.7. The summed E-state index contributed by atoms with van der Waals surface area (Å²) in [6, 6.07) is 18.1. The van der Waals surface area contributed by atoms with Crippen LogP contribution in [0, 0.1) is 10.1 Å². The monoisotopic (exact) mass is 533 g/mol. The minimum atomic E-state index is -0.705. The van der Waals surface area contributed by atoms with Crippen molar-refractivity contribution in [2.24, 2.45) is 5.10 Å². The number of fused-ring (bicyclic) bond motifs is 1. The van der Waals surface area contributed by atoms with E-state index >= 15 is 0 Å². The van der Waals surface area contributed by atoms with E-state index < -0.39 is 16.9 Å². The van der Waals surface area contributed by atoms with Crippen molar-refractivity contribution in [2.75, 3.05) is 0 Å². The van der Waals surface area contributed by atoms with Gasteiger partial charge in [0.1, 0.15) is 11.9 Å². The van der Waals surface area contributed by atoms with Gasteiger partial charge in [-0.1, -0.05) is 52.3 Å². The minimum absolute atomic E-state index is 0.000418. The highest BCUT2D eigenvalue weighted by atomic mass is 79.9. The average Bonchev–Trinajstić information content (AvgIpc) is 3.50. The van der Waals surface area contributed by atoms with Crippen LogP contribution in [-0.4, -0.2) is 36.4 Å². The quantitative estimate of drug-likeness (QED) is 0.271. The molecule has 1 atom stereocenters. The van der Waals surface area contributed by atoms with Crippen LogP contribution in [0.2, 0.25) is 0 Å². The first-order valence-electron chi connectivity index (χ1n) is 11.0. The van der Waals surface area contributed by atoms with Crippen molar-refractivity contribution in [1.29, 1.82) is 0 Å². The maximum absolute atomic E-state index is 13.6. The van der Waals surface area contributed by atoms with Gasteiger partial charge in [0.15, 0.2) is 0 Å². The molecule has 0 bridgehead atoms. The Kier molecular flexibility index (Phi) is 5.81. The van der Waals surface area contributed by atoms with Gasteiger partial charge in [-0.15, -0.1) is 0 Å². The highest BCUT2D eigenvalue weighted by Crippen LogP contribution is 2.40. The fourth-order valence-corrected chi connectivity index (χ4v) is 4.62. The second-order valence-corrected chi connectivity index (χ2v) is 9.07. The topological polar surface area (TPSA) is 114 Å². The van der Waals surface area contributed by atoms with E-state index in [4.69, 9.17) is 0 Å². The van der Waals surface area contributed by atoms with E-state index in [0.29, 0.717) is 24.2 Å². The largest absolute Gasteiger partial charge is 0.508 e. The first-order valence-corrected chi connectivity index (χ1v) is 11.8. The van der Waals surface area contributed by atoms with Gasteiger partial charge < -0.3 is 5.11 Å². The summed E-state index contributed by atoms with van der Waals surface area (Å²) in [5.41, 5.74) is 1.26. The predicted octanol–water partition coefficient (Wildman–Crippen LogP) is 5.42. The number of aryl methyl sites for hydroxylation is 1. The van der Waals surface area contributed by atoms with Crippen molar-refractivity contribution < 1.29 is 14.8 Å². The lowest BCUT2D eigenvalue weighted by molar-refractivity contribution is -0.385. The zero-order valence-corrected chi connectivity index (χ0v) is 20.2. The van der Waals surface area contributed by atoms with E-state index in [1.807, 2.05) is 42.5 Å². The van der Waals surface area contributed by atoms with Crippen LogP contribution < -0.4 is 0 Å². The summed E-state index contributed by atoms with van der Waals surface area (Å²) in [4.78, 5) is 24.6. The van der Waals surface area contributed by atoms with Gasteiger partial charge in [-0.3, -0.25) is 19.6 Å². The maximum atomic E-state index is 13.6. The molecule has 0 spiro atoms. The fourth-order valence-electron chi connectivity index (χ4n) is 4.24. The lowest BCUT2D eigenvalue weighted by atomic mass is 9.96. The molecule has 2 heterocycles. The Morgan fingerprint density at radius 1 is 1.17 bits per heavy atom. The maximum Gasteiger partial charge on any atom is 0.320 e. The minimum Gasteiger partial charge on any atom is -0.508 e. The number of rotatable bonds is 5. The van der Waals surface area contributed by atoms with Crippen LogP contribution in [0.3, 0.4) is 0 Å². The fraction of sp³-hybridized carbons (Fsp3) is 0.160. The van der Waals surface area contributed by atoms with Crippen molar-refractivity contribution in [3.05, 3.63) is 98.3 Å². The molecular weight excluding hydrogens is 514 g/mol. The SMILES string of the molecule is CCn1cc([N+](=O)[O-])c(C(=O)N2N=C(c3ccc4ccccc4c3)C[C@@H]2c2cc(Br)ccc2O)n1. The zero-order valence-electron chi connectivity index (χ0n) is 18.6. The second kappa shape index (κ2) is 8.95. The number of hydrogen-bond acceptors (Lipinski definition) is 6. The molecule has 0 fully saturated rings. The second-order valence-electron chi connectivity index (χ2n) is 8.16. The molecule has 0 radical (unpaired) electrons. The van der Waals surface area contributed by atoms with Gasteiger partial charge in [-0.05, 0) is 47.5 Å². The standard InChI is InChI=1S/C25H20BrN5O4/c1-2-29-14-22(31(34)35)24(28-29)25(33)30-21(19-12-18(26)9-10-23(19)32)13-20(27-30)17-8-7-15-5-3-4-6-16(15)11-17/h3-12,14,21,32H,2,13H2,1H3/t21-/m1/s1. The number of nitro groups is 1. The molecule has 1 N–H and O–H groups in total. The summed E-state index contributed by atoms with van der Waals surface area (Å²) in [7, 11) is 0. The van der Waals surface area contributed by atoms with Crippen molar-refractivity contribution in [1.82, 2.24) is 14.8 Å². The van der Waals surface area contributed by atoms with Crippen molar-refractivity contribution in [2.45, 2.75) is 25.9 Å². The van der Waals surface area contributed by atoms with Gasteiger partial charge in [0.05, 0.1) is 16.7 Å². The number of carbonyl (C=O) groups is 1. The molecule has 1 aromatic heterocycles. The molecule has 35 heavy (non-hydrogen) atoms. The molecule has 10 heteroatoms. The molecule has 0 saturated heterocycles. The molecule has 0 aliphatic carbocycles. The van der Waals surface area contributed by atoms with Crippen LogP contribution in [-0.2, 0) is 6.54 Å². The molecule has 5 rings (SSSR count). The molecule has 1 aliphatic heterocycles. The normalized spacial score (nSPS) is 15.4. The highest BCUT2D eigenvalue weighted by Gasteiger charge is 2.39. The van der Waals surface area contributed by atoms with E-state index in [2.05, 4.69) is 26.1 Å². The van der Waals surface area contributed by atoms with Crippen molar-refractivity contribution in [3.8, 4) is 5.75 Å². The predicted molar refractivity (Wildman–Crippen MR) is 134 cm³/mol. The summed E-state index contributed by atoms with van der Waals surface area (Å²) in [6.45, 7) is 2.15. The number of hydrazone groups is 1. The summed E-state index contributed by atoms with van der Waals surface area (Å²) in [5, 5.41) is 34.3. The molecular formula is C25H20BrN5O4. The van der Waals surface area contributed by atoms with E-state index in [-0.39, 0.29) is 17.1 Å². The Morgan fingerprint density at radius 3 is 2.69 bits per heavy atom. The number of phenolic OH excluding ortho intramolecular Hbond substituents is 1. The molecule has 176 valence electrons. The third kappa shape index (κ3) is 4.17. The molecule has 1 amide bonds. The van der Waals surface area contributed by atoms with Crippen LogP contribution >= 0.6 is 15.9 Å². The first kappa shape index (κ1) is 22.7. The molecule has 3 aromatic carbocycles. The molecule has 4 aromatic rings. The van der Waals surface area contributed by atoms with Crippen LogP contribution in [0.4, 0.5) is 5.69 Å². The van der Waals surface area contributed by atoms with E-state index in [1.165, 1.54) is 22.0 Å².